The van der Waals surface area contributed by atoms with E-state index in [1.165, 1.54) is 0 Å². The van der Waals surface area contributed by atoms with Crippen LogP contribution in [0.1, 0.15) is 16.7 Å². The first-order valence-corrected chi connectivity index (χ1v) is 9.36. The molecule has 5 heteroatoms. The van der Waals surface area contributed by atoms with E-state index in [-0.39, 0.29) is 0 Å². The largest absolute Gasteiger partial charge is 0.595 e. The van der Waals surface area contributed by atoms with Gasteiger partial charge < -0.3 is 10.00 Å². The summed E-state index contributed by atoms with van der Waals surface area (Å²) in [6, 6.07) is 26.8. The van der Waals surface area contributed by atoms with Crippen molar-refractivity contribution in [2.45, 2.75) is 11.1 Å². The number of carboxylic acids is 1. The van der Waals surface area contributed by atoms with Gasteiger partial charge in [0.25, 0.3) is 5.66 Å². The molecule has 0 bridgehead atoms. The molecule has 130 valence electrons. The number of aliphatic carboxylic acids is 1. The third kappa shape index (κ3) is 3.05. The highest BCUT2D eigenvalue weighted by molar-refractivity contribution is 7.39. The quantitative estimate of drug-likeness (QED) is 0.536. The summed E-state index contributed by atoms with van der Waals surface area (Å²) in [6.45, 7) is 0. The second-order valence-corrected chi connectivity index (χ2v) is 7.02. The van der Waals surface area contributed by atoms with Crippen LogP contribution in [0.15, 0.2) is 91.0 Å². The predicted molar refractivity (Wildman–Crippen MR) is 98.2 cm³/mol. The Bertz CT molecular complexity index is 784. The Morgan fingerprint density at radius 2 is 1.08 bits per heavy atom. The van der Waals surface area contributed by atoms with Gasteiger partial charge in [0.05, 0.1) is 0 Å². The van der Waals surface area contributed by atoms with Gasteiger partial charge in [-0.2, -0.15) is 0 Å². The first kappa shape index (κ1) is 18.0. The van der Waals surface area contributed by atoms with Gasteiger partial charge in [0.2, 0.25) is 0 Å². The average molecular weight is 364 g/mol. The van der Waals surface area contributed by atoms with Gasteiger partial charge in [0.1, 0.15) is 5.41 Å². The minimum atomic E-state index is -3.26. The fraction of sp³-hybridized carbons (Fsp3) is 0.0952. The van der Waals surface area contributed by atoms with Gasteiger partial charge in [0, 0.05) is 0 Å². The van der Waals surface area contributed by atoms with Crippen LogP contribution in [0.5, 0.6) is 0 Å². The van der Waals surface area contributed by atoms with Gasteiger partial charge in [-0.15, -0.1) is 0 Å². The number of carboxylic acid groups (broad SMARTS) is 1. The van der Waals surface area contributed by atoms with Gasteiger partial charge >= 0.3 is 14.0 Å². The molecule has 0 aliphatic rings. The zero-order valence-corrected chi connectivity index (χ0v) is 14.8. The van der Waals surface area contributed by atoms with Crippen molar-refractivity contribution >= 4 is 14.0 Å². The van der Waals surface area contributed by atoms with E-state index >= 15 is 0 Å². The Hall–Kier alpha value is -2.81. The summed E-state index contributed by atoms with van der Waals surface area (Å²) in [5.41, 5.74) is -1.16. The molecule has 2 unspecified atom stereocenters. The third-order valence-electron chi connectivity index (χ3n) is 4.54. The average Bonchev–Trinajstić information content (AvgIpc) is 2.67. The number of benzene rings is 3. The highest BCUT2D eigenvalue weighted by atomic mass is 31.1. The van der Waals surface area contributed by atoms with Crippen molar-refractivity contribution < 1.29 is 19.4 Å². The molecule has 2 atom stereocenters. The van der Waals surface area contributed by atoms with E-state index in [2.05, 4.69) is 0 Å². The Kier molecular flexibility index (Phi) is 5.27. The molecule has 0 radical (unpaired) electrons. The van der Waals surface area contributed by atoms with Gasteiger partial charge in [-0.3, -0.25) is 0 Å². The van der Waals surface area contributed by atoms with Crippen molar-refractivity contribution in [3.63, 3.8) is 0 Å². The molecule has 0 heterocycles. The smallest absolute Gasteiger partial charge is 0.357 e. The van der Waals surface area contributed by atoms with Crippen molar-refractivity contribution in [1.29, 1.82) is 0 Å². The molecule has 0 amide bonds. The first-order valence-electron chi connectivity index (χ1n) is 8.11. The molecule has 0 saturated heterocycles. The minimum Gasteiger partial charge on any atom is -0.595 e. The maximum Gasteiger partial charge on any atom is 0.357 e. The van der Waals surface area contributed by atoms with E-state index in [1.807, 2.05) is 18.2 Å². The van der Waals surface area contributed by atoms with E-state index in [0.29, 0.717) is 16.7 Å². The normalized spacial score (nSPS) is 13.0. The van der Waals surface area contributed by atoms with Crippen molar-refractivity contribution in [2.24, 2.45) is 0 Å². The second-order valence-electron chi connectivity index (χ2n) is 5.93. The molecule has 0 aliphatic heterocycles. The molecule has 4 nitrogen and oxygen atoms in total. The van der Waals surface area contributed by atoms with Crippen LogP contribution in [0.3, 0.4) is 0 Å². The molecule has 3 aromatic rings. The monoisotopic (exact) mass is 364 g/mol. The van der Waals surface area contributed by atoms with Crippen LogP contribution in [0.25, 0.3) is 0 Å². The molecule has 0 fully saturated rings. The lowest BCUT2D eigenvalue weighted by Crippen LogP contribution is -2.45. The maximum absolute atomic E-state index is 12.2. The third-order valence-corrected chi connectivity index (χ3v) is 5.57. The van der Waals surface area contributed by atoms with Crippen LogP contribution < -0.4 is 4.89 Å². The van der Waals surface area contributed by atoms with Crippen LogP contribution in [-0.2, 0) is 14.8 Å². The zero-order chi connectivity index (χ0) is 18.6. The molecular formula is C21H17O4P. The fourth-order valence-electron chi connectivity index (χ4n) is 3.51. The SMILES string of the molecule is O=C(O)C([P+](=O)[O-])C(c1ccccc1)(c1ccccc1)c1ccccc1. The van der Waals surface area contributed by atoms with Crippen LogP contribution in [-0.4, -0.2) is 16.7 Å². The fourth-order valence-corrected chi connectivity index (χ4v) is 4.45. The van der Waals surface area contributed by atoms with E-state index in [4.69, 9.17) is 0 Å². The van der Waals surface area contributed by atoms with Crippen molar-refractivity contribution in [2.75, 3.05) is 0 Å². The Morgan fingerprint density at radius 3 is 1.31 bits per heavy atom. The molecule has 0 spiro atoms. The molecule has 3 rings (SSSR count). The first-order chi connectivity index (χ1) is 12.6. The molecule has 0 saturated carbocycles. The van der Waals surface area contributed by atoms with Gasteiger partial charge in [-0.25, -0.2) is 4.79 Å². The van der Waals surface area contributed by atoms with Gasteiger partial charge in [-0.05, 0) is 16.7 Å². The van der Waals surface area contributed by atoms with Crippen LogP contribution in [0.4, 0.5) is 0 Å². The highest BCUT2D eigenvalue weighted by Gasteiger charge is 2.55. The zero-order valence-electron chi connectivity index (χ0n) is 13.9. The highest BCUT2D eigenvalue weighted by Crippen LogP contribution is 2.48. The number of carbonyl (C=O) groups is 1. The molecule has 1 N–H and O–H groups in total. The van der Waals surface area contributed by atoms with Crippen molar-refractivity contribution in [3.05, 3.63) is 108 Å². The van der Waals surface area contributed by atoms with E-state index in [1.54, 1.807) is 72.8 Å². The number of rotatable bonds is 6. The summed E-state index contributed by atoms with van der Waals surface area (Å²) >= 11 is 0. The van der Waals surface area contributed by atoms with Crippen molar-refractivity contribution in [3.8, 4) is 0 Å². The lowest BCUT2D eigenvalue weighted by Gasteiger charge is -2.36. The lowest BCUT2D eigenvalue weighted by molar-refractivity contribution is -0.170. The van der Waals surface area contributed by atoms with Gasteiger partial charge in [0.15, 0.2) is 0 Å². The standard InChI is InChI=1S/C21H17O4P/c22-20(23)19(26(24)25)21(16-10-4-1-5-11-16,17-12-6-2-7-13-17)18-14-8-3-9-15-18/h1-15,19H,(H,22,23). The Balaban J connectivity index is 2.47. The summed E-state index contributed by atoms with van der Waals surface area (Å²) in [5, 5.41) is 9.88. The summed E-state index contributed by atoms with van der Waals surface area (Å²) in [7, 11) is -3.26. The van der Waals surface area contributed by atoms with E-state index in [0.717, 1.165) is 0 Å². The minimum absolute atomic E-state index is 0.615. The van der Waals surface area contributed by atoms with Gasteiger partial charge in [-0.1, -0.05) is 95.6 Å². The molecular weight excluding hydrogens is 347 g/mol. The molecule has 0 aromatic heterocycles. The number of hydrogen-bond donors (Lipinski definition) is 1. The topological polar surface area (TPSA) is 77.4 Å². The predicted octanol–water partition coefficient (Wildman–Crippen LogP) is 3.58. The summed E-state index contributed by atoms with van der Waals surface area (Å²) in [5.74, 6) is -1.38. The maximum atomic E-state index is 12.2. The summed E-state index contributed by atoms with van der Waals surface area (Å²) < 4.78 is 12.2. The Labute approximate surface area is 152 Å². The van der Waals surface area contributed by atoms with Crippen molar-refractivity contribution in [1.82, 2.24) is 0 Å². The van der Waals surface area contributed by atoms with Crippen LogP contribution in [0.2, 0.25) is 0 Å². The second kappa shape index (κ2) is 7.61. The molecule has 0 aliphatic carbocycles. The van der Waals surface area contributed by atoms with E-state index in [9.17, 15) is 19.4 Å². The molecule has 3 aromatic carbocycles. The summed E-state index contributed by atoms with van der Waals surface area (Å²) in [4.78, 5) is 24.3. The molecule has 26 heavy (non-hydrogen) atoms. The number of hydrogen-bond acceptors (Lipinski definition) is 3. The van der Waals surface area contributed by atoms with E-state index < -0.39 is 25.1 Å². The summed E-state index contributed by atoms with van der Waals surface area (Å²) in [6.07, 6.45) is 0. The van der Waals surface area contributed by atoms with Crippen LogP contribution in [0, 0.1) is 0 Å². The van der Waals surface area contributed by atoms with Crippen LogP contribution >= 0.6 is 8.03 Å². The lowest BCUT2D eigenvalue weighted by atomic mass is 9.67. The Morgan fingerprint density at radius 1 is 0.769 bits per heavy atom.